The summed E-state index contributed by atoms with van der Waals surface area (Å²) in [7, 11) is 0. The molecular weight excluding hydrogens is 568 g/mol. The number of hydrogen-bond donors (Lipinski definition) is 1. The zero-order chi connectivity index (χ0) is 29.8. The smallest absolute Gasteiger partial charge is 0.344 e. The van der Waals surface area contributed by atoms with Crippen molar-refractivity contribution in [2.24, 2.45) is 4.99 Å². The number of para-hydroxylation sites is 1. The number of benzene rings is 3. The second-order valence-electron chi connectivity index (χ2n) is 9.56. The minimum absolute atomic E-state index is 0.0489. The molecule has 0 fully saturated rings. The van der Waals surface area contributed by atoms with Gasteiger partial charge in [-0.2, -0.15) is 0 Å². The fourth-order valence-electron chi connectivity index (χ4n) is 4.84. The molecule has 0 saturated heterocycles. The molecule has 3 heterocycles. The van der Waals surface area contributed by atoms with Gasteiger partial charge in [-0.3, -0.25) is 0 Å². The second-order valence-corrected chi connectivity index (χ2v) is 10.6. The molecule has 43 heavy (non-hydrogen) atoms. The Labute approximate surface area is 253 Å². The number of carbonyl (C=O) groups is 1. The van der Waals surface area contributed by atoms with Gasteiger partial charge < -0.3 is 33.4 Å². The molecule has 1 N–H and O–H groups in total. The number of nitrogens with zero attached hydrogens (tertiary/aromatic N) is 2. The predicted octanol–water partition coefficient (Wildman–Crippen LogP) is 7.04. The third-order valence-corrected chi connectivity index (χ3v) is 7.82. The Kier molecular flexibility index (Phi) is 8.28. The van der Waals surface area contributed by atoms with Crippen LogP contribution >= 0.6 is 11.8 Å². The summed E-state index contributed by atoms with van der Waals surface area (Å²) in [4.78, 5) is 18.1. The van der Waals surface area contributed by atoms with Crippen molar-refractivity contribution < 1.29 is 33.6 Å². The van der Waals surface area contributed by atoms with Crippen molar-refractivity contribution in [3.05, 3.63) is 94.7 Å². The van der Waals surface area contributed by atoms with E-state index in [-0.39, 0.29) is 24.7 Å². The zero-order valence-corrected chi connectivity index (χ0v) is 24.6. The summed E-state index contributed by atoms with van der Waals surface area (Å²) in [5.74, 6) is 2.04. The lowest BCUT2D eigenvalue weighted by atomic mass is 10.1. The van der Waals surface area contributed by atoms with Gasteiger partial charge in [0.05, 0.1) is 30.4 Å². The van der Waals surface area contributed by atoms with E-state index < -0.39 is 5.97 Å². The predicted molar refractivity (Wildman–Crippen MR) is 167 cm³/mol. The Hall–Kier alpha value is -4.83. The van der Waals surface area contributed by atoms with Crippen LogP contribution in [-0.2, 0) is 16.1 Å². The SMILES string of the molecule is CCOC(=O)C1=C(O)/C(=C/c2cn(CCOc3ccc4c(c3)OCO4)c3ccccc23)SC1=Nc1ccc(OCC)cc1. The van der Waals surface area contributed by atoms with E-state index in [0.29, 0.717) is 52.6 Å². The van der Waals surface area contributed by atoms with Crippen molar-refractivity contribution >= 4 is 45.4 Å². The Bertz CT molecular complexity index is 1750. The maximum Gasteiger partial charge on any atom is 0.344 e. The number of aliphatic imine (C=N–C) groups is 1. The first kappa shape index (κ1) is 28.3. The number of aliphatic hydroxyl groups excluding tert-OH is 1. The van der Waals surface area contributed by atoms with E-state index in [1.807, 2.05) is 73.8 Å². The van der Waals surface area contributed by atoms with Gasteiger partial charge in [-0.25, -0.2) is 9.79 Å². The standard InChI is InChI=1S/C33H30N2O7S/c1-3-38-23-11-9-22(10-12-23)34-32-30(33(37)39-4-2)31(36)29(43-32)17-21-19-35(26-8-6-5-7-25(21)26)15-16-40-24-13-14-27-28(18-24)42-20-41-27/h5-14,17-19,36H,3-4,15-16,20H2,1-2H3/b29-17-,34-32?. The van der Waals surface area contributed by atoms with Crippen LogP contribution in [0, 0.1) is 0 Å². The monoisotopic (exact) mass is 598 g/mol. The fourth-order valence-corrected chi connectivity index (χ4v) is 5.86. The highest BCUT2D eigenvalue weighted by atomic mass is 32.2. The quantitative estimate of drug-likeness (QED) is 0.194. The third kappa shape index (κ3) is 6.05. The normalized spacial score (nSPS) is 16.0. The molecule has 0 amide bonds. The largest absolute Gasteiger partial charge is 0.506 e. The van der Waals surface area contributed by atoms with Crippen molar-refractivity contribution in [2.45, 2.75) is 20.4 Å². The van der Waals surface area contributed by atoms with E-state index >= 15 is 0 Å². The highest BCUT2D eigenvalue weighted by Crippen LogP contribution is 2.41. The van der Waals surface area contributed by atoms with Crippen molar-refractivity contribution in [3.8, 4) is 23.0 Å². The summed E-state index contributed by atoms with van der Waals surface area (Å²) in [5, 5.41) is 12.6. The van der Waals surface area contributed by atoms with Crippen molar-refractivity contribution in [1.82, 2.24) is 4.57 Å². The Morgan fingerprint density at radius 1 is 1.00 bits per heavy atom. The summed E-state index contributed by atoms with van der Waals surface area (Å²) in [6, 6.07) is 20.8. The summed E-state index contributed by atoms with van der Waals surface area (Å²) in [5.41, 5.74) is 2.58. The molecule has 0 spiro atoms. The fraction of sp³-hybridized carbons (Fsp3) is 0.212. The molecule has 9 nitrogen and oxygen atoms in total. The van der Waals surface area contributed by atoms with Crippen LogP contribution in [-0.4, -0.2) is 47.3 Å². The topological polar surface area (TPSA) is 101 Å². The first-order valence-corrected chi connectivity index (χ1v) is 14.8. The van der Waals surface area contributed by atoms with Gasteiger partial charge >= 0.3 is 5.97 Å². The minimum Gasteiger partial charge on any atom is -0.506 e. The number of hydrogen-bond acceptors (Lipinski definition) is 9. The summed E-state index contributed by atoms with van der Waals surface area (Å²) in [6.07, 6.45) is 3.89. The molecule has 4 aromatic rings. The zero-order valence-electron chi connectivity index (χ0n) is 23.7. The number of ether oxygens (including phenoxy) is 5. The molecule has 0 atom stereocenters. The van der Waals surface area contributed by atoms with Crippen LogP contribution in [0.4, 0.5) is 5.69 Å². The lowest BCUT2D eigenvalue weighted by molar-refractivity contribution is -0.138. The van der Waals surface area contributed by atoms with Gasteiger partial charge in [-0.15, -0.1) is 0 Å². The maximum absolute atomic E-state index is 12.9. The molecule has 2 aliphatic heterocycles. The lowest BCUT2D eigenvalue weighted by Gasteiger charge is -2.09. The summed E-state index contributed by atoms with van der Waals surface area (Å²) >= 11 is 1.23. The number of esters is 1. The first-order valence-electron chi connectivity index (χ1n) is 14.0. The average molecular weight is 599 g/mol. The van der Waals surface area contributed by atoms with E-state index in [2.05, 4.69) is 9.56 Å². The molecular formula is C33H30N2O7S. The molecule has 0 unspecified atom stereocenters. The van der Waals surface area contributed by atoms with Crippen LogP contribution in [0.2, 0.25) is 0 Å². The van der Waals surface area contributed by atoms with Gasteiger partial charge in [-0.1, -0.05) is 30.0 Å². The number of rotatable bonds is 10. The van der Waals surface area contributed by atoms with Crippen LogP contribution in [0.15, 0.2) is 94.2 Å². The molecule has 3 aromatic carbocycles. The molecule has 1 aromatic heterocycles. The first-order chi connectivity index (χ1) is 21.0. The Morgan fingerprint density at radius 2 is 1.79 bits per heavy atom. The van der Waals surface area contributed by atoms with E-state index in [0.717, 1.165) is 22.2 Å². The summed E-state index contributed by atoms with van der Waals surface area (Å²) in [6.45, 7) is 5.62. The summed E-state index contributed by atoms with van der Waals surface area (Å²) < 4.78 is 29.7. The molecule has 10 heteroatoms. The van der Waals surface area contributed by atoms with E-state index in [1.165, 1.54) is 11.8 Å². The number of thioether (sulfide) groups is 1. The van der Waals surface area contributed by atoms with Crippen molar-refractivity contribution in [1.29, 1.82) is 0 Å². The molecule has 2 aliphatic rings. The van der Waals surface area contributed by atoms with Gasteiger partial charge in [0.2, 0.25) is 6.79 Å². The average Bonchev–Trinajstić information content (AvgIpc) is 3.70. The minimum atomic E-state index is -0.622. The number of fused-ring (bicyclic) bond motifs is 2. The maximum atomic E-state index is 12.9. The molecule has 0 saturated carbocycles. The van der Waals surface area contributed by atoms with Crippen LogP contribution in [0.5, 0.6) is 23.0 Å². The van der Waals surface area contributed by atoms with Crippen LogP contribution in [0.1, 0.15) is 19.4 Å². The molecule has 0 radical (unpaired) electrons. The van der Waals surface area contributed by atoms with Crippen LogP contribution < -0.4 is 18.9 Å². The number of aliphatic hydroxyl groups is 1. The number of carbonyl (C=O) groups excluding carboxylic acids is 1. The Morgan fingerprint density at radius 3 is 2.60 bits per heavy atom. The molecule has 0 aliphatic carbocycles. The van der Waals surface area contributed by atoms with Crippen molar-refractivity contribution in [3.63, 3.8) is 0 Å². The van der Waals surface area contributed by atoms with Gasteiger partial charge in [0, 0.05) is 28.7 Å². The third-order valence-electron chi connectivity index (χ3n) is 6.80. The lowest BCUT2D eigenvalue weighted by Crippen LogP contribution is -2.12. The van der Waals surface area contributed by atoms with E-state index in [9.17, 15) is 9.90 Å². The van der Waals surface area contributed by atoms with Gasteiger partial charge in [0.25, 0.3) is 0 Å². The van der Waals surface area contributed by atoms with Crippen LogP contribution in [0.3, 0.4) is 0 Å². The molecule has 6 rings (SSSR count). The number of aromatic nitrogens is 1. The second kappa shape index (κ2) is 12.6. The van der Waals surface area contributed by atoms with E-state index in [4.69, 9.17) is 23.7 Å². The van der Waals surface area contributed by atoms with Gasteiger partial charge in [0.15, 0.2) is 11.5 Å². The highest BCUT2D eigenvalue weighted by molar-refractivity contribution is 8.18. The van der Waals surface area contributed by atoms with Crippen molar-refractivity contribution in [2.75, 3.05) is 26.6 Å². The Balaban J connectivity index is 1.27. The van der Waals surface area contributed by atoms with Gasteiger partial charge in [0.1, 0.15) is 34.5 Å². The highest BCUT2D eigenvalue weighted by Gasteiger charge is 2.33. The molecule has 220 valence electrons. The van der Waals surface area contributed by atoms with Gasteiger partial charge in [-0.05, 0) is 62.4 Å². The van der Waals surface area contributed by atoms with Crippen LogP contribution in [0.25, 0.3) is 17.0 Å². The van der Waals surface area contributed by atoms with E-state index in [1.54, 1.807) is 19.1 Å². The molecule has 0 bridgehead atoms.